The number of aryl methyl sites for hydroxylation is 1. The highest BCUT2D eigenvalue weighted by Gasteiger charge is 2.22. The van der Waals surface area contributed by atoms with Crippen LogP contribution < -0.4 is 9.47 Å². The first-order valence-corrected chi connectivity index (χ1v) is 8.06. The van der Waals surface area contributed by atoms with Gasteiger partial charge >= 0.3 is 0 Å². The molecule has 4 rings (SSSR count). The standard InChI is InChI=1S/C20H17FN2O3/c1-10-17-15(23-22-10)8-13(11-4-6-12(24)7-5-11)14-9-16(25-2)20(26-3)19(21)18(14)17/h4-9,24H,1-3H3,(H,22,23). The normalized spacial score (nSPS) is 11.2. The zero-order valence-corrected chi connectivity index (χ0v) is 14.6. The van der Waals surface area contributed by atoms with Gasteiger partial charge in [-0.15, -0.1) is 0 Å². The summed E-state index contributed by atoms with van der Waals surface area (Å²) in [7, 11) is 2.89. The maximum absolute atomic E-state index is 15.4. The molecule has 0 radical (unpaired) electrons. The van der Waals surface area contributed by atoms with Crippen LogP contribution in [0, 0.1) is 12.7 Å². The van der Waals surface area contributed by atoms with Crippen molar-refractivity contribution in [3.8, 4) is 28.4 Å². The molecule has 0 spiro atoms. The minimum Gasteiger partial charge on any atom is -0.508 e. The van der Waals surface area contributed by atoms with Crippen LogP contribution in [0.4, 0.5) is 4.39 Å². The van der Waals surface area contributed by atoms with Crippen LogP contribution in [-0.4, -0.2) is 29.5 Å². The van der Waals surface area contributed by atoms with Gasteiger partial charge in [-0.05, 0) is 47.7 Å². The summed E-state index contributed by atoms with van der Waals surface area (Å²) in [6, 6.07) is 10.4. The van der Waals surface area contributed by atoms with E-state index in [0.717, 1.165) is 16.8 Å². The predicted octanol–water partition coefficient (Wildman–Crippen LogP) is 4.55. The molecule has 0 aliphatic heterocycles. The lowest BCUT2D eigenvalue weighted by molar-refractivity contribution is 0.340. The fraction of sp³-hybridized carbons (Fsp3) is 0.150. The van der Waals surface area contributed by atoms with Gasteiger partial charge in [-0.2, -0.15) is 5.10 Å². The fourth-order valence-corrected chi connectivity index (χ4v) is 3.37. The van der Waals surface area contributed by atoms with Crippen molar-refractivity contribution in [2.24, 2.45) is 0 Å². The minimum absolute atomic E-state index is 0.0600. The van der Waals surface area contributed by atoms with Crippen molar-refractivity contribution in [2.45, 2.75) is 6.92 Å². The van der Waals surface area contributed by atoms with Crippen molar-refractivity contribution in [2.75, 3.05) is 14.2 Å². The molecule has 0 aliphatic carbocycles. The number of hydrogen-bond donors (Lipinski definition) is 2. The number of ether oxygens (including phenoxy) is 2. The van der Waals surface area contributed by atoms with Crippen molar-refractivity contribution in [1.29, 1.82) is 0 Å². The Morgan fingerprint density at radius 2 is 1.77 bits per heavy atom. The van der Waals surface area contributed by atoms with Gasteiger partial charge in [0.05, 0.1) is 19.7 Å². The molecule has 5 nitrogen and oxygen atoms in total. The van der Waals surface area contributed by atoms with Crippen molar-refractivity contribution in [1.82, 2.24) is 10.2 Å². The summed E-state index contributed by atoms with van der Waals surface area (Å²) in [5.41, 5.74) is 3.05. The van der Waals surface area contributed by atoms with E-state index in [2.05, 4.69) is 10.2 Å². The molecule has 0 amide bonds. The lowest BCUT2D eigenvalue weighted by Gasteiger charge is -2.15. The van der Waals surface area contributed by atoms with Crippen molar-refractivity contribution in [3.05, 3.63) is 47.9 Å². The van der Waals surface area contributed by atoms with E-state index in [9.17, 15) is 5.11 Å². The monoisotopic (exact) mass is 352 g/mol. The second-order valence-corrected chi connectivity index (χ2v) is 6.06. The first kappa shape index (κ1) is 16.2. The number of benzene rings is 3. The lowest BCUT2D eigenvalue weighted by Crippen LogP contribution is -1.97. The highest BCUT2D eigenvalue weighted by Crippen LogP contribution is 2.43. The van der Waals surface area contributed by atoms with E-state index >= 15 is 4.39 Å². The molecular formula is C20H17FN2O3. The number of halogens is 1. The molecule has 1 heterocycles. The topological polar surface area (TPSA) is 67.4 Å². The number of nitrogens with zero attached hydrogens (tertiary/aromatic N) is 1. The van der Waals surface area contributed by atoms with Gasteiger partial charge in [-0.1, -0.05) is 12.1 Å². The van der Waals surface area contributed by atoms with Gasteiger partial charge in [0.25, 0.3) is 0 Å². The molecular weight excluding hydrogens is 335 g/mol. The summed E-state index contributed by atoms with van der Waals surface area (Å²) >= 11 is 0. The second-order valence-electron chi connectivity index (χ2n) is 6.06. The second kappa shape index (κ2) is 5.91. The third kappa shape index (κ3) is 2.26. The maximum Gasteiger partial charge on any atom is 0.197 e. The Morgan fingerprint density at radius 1 is 1.04 bits per heavy atom. The average Bonchev–Trinajstić information content (AvgIpc) is 3.02. The van der Waals surface area contributed by atoms with Crippen LogP contribution in [0.5, 0.6) is 17.2 Å². The van der Waals surface area contributed by atoms with Crippen molar-refractivity contribution in [3.63, 3.8) is 0 Å². The fourth-order valence-electron chi connectivity index (χ4n) is 3.37. The molecule has 0 aliphatic rings. The SMILES string of the molecule is COc1cc2c(-c3ccc(O)cc3)cc3n[nH]c(C)c3c2c(F)c1OC. The number of aromatic hydroxyl groups is 1. The predicted molar refractivity (Wildman–Crippen MR) is 98.5 cm³/mol. The molecule has 2 N–H and O–H groups in total. The number of nitrogens with one attached hydrogen (secondary N) is 1. The molecule has 1 aromatic heterocycles. The van der Waals surface area contributed by atoms with Crippen LogP contribution in [0.1, 0.15) is 5.69 Å². The van der Waals surface area contributed by atoms with Crippen LogP contribution in [0.2, 0.25) is 0 Å². The van der Waals surface area contributed by atoms with Gasteiger partial charge in [0, 0.05) is 16.5 Å². The maximum atomic E-state index is 15.4. The van der Waals surface area contributed by atoms with Gasteiger partial charge in [-0.25, -0.2) is 4.39 Å². The van der Waals surface area contributed by atoms with E-state index in [0.29, 0.717) is 27.4 Å². The molecule has 0 saturated heterocycles. The Morgan fingerprint density at radius 3 is 2.42 bits per heavy atom. The van der Waals surface area contributed by atoms with Gasteiger partial charge in [0.1, 0.15) is 5.75 Å². The van der Waals surface area contributed by atoms with Crippen molar-refractivity contribution >= 4 is 21.7 Å². The van der Waals surface area contributed by atoms with Crippen molar-refractivity contribution < 1.29 is 19.0 Å². The first-order chi connectivity index (χ1) is 12.5. The van der Waals surface area contributed by atoms with E-state index in [4.69, 9.17) is 9.47 Å². The number of methoxy groups -OCH3 is 2. The molecule has 26 heavy (non-hydrogen) atoms. The zero-order chi connectivity index (χ0) is 18.4. The third-order valence-corrected chi connectivity index (χ3v) is 4.59. The number of fused-ring (bicyclic) bond motifs is 3. The van der Waals surface area contributed by atoms with Gasteiger partial charge < -0.3 is 14.6 Å². The first-order valence-electron chi connectivity index (χ1n) is 8.06. The Balaban J connectivity index is 2.21. The molecule has 3 aromatic carbocycles. The summed E-state index contributed by atoms with van der Waals surface area (Å²) in [6.45, 7) is 1.85. The van der Waals surface area contributed by atoms with Crippen LogP contribution in [0.25, 0.3) is 32.8 Å². The van der Waals surface area contributed by atoms with E-state index in [-0.39, 0.29) is 11.5 Å². The molecule has 0 bridgehead atoms. The number of phenols is 1. The van der Waals surface area contributed by atoms with Crippen LogP contribution in [0.3, 0.4) is 0 Å². The van der Waals surface area contributed by atoms with Gasteiger partial charge in [0.2, 0.25) is 0 Å². The quantitative estimate of drug-likeness (QED) is 0.567. The smallest absolute Gasteiger partial charge is 0.197 e. The lowest BCUT2D eigenvalue weighted by atomic mass is 9.94. The van der Waals surface area contributed by atoms with E-state index in [1.807, 2.05) is 13.0 Å². The number of aromatic amines is 1. The average molecular weight is 352 g/mol. The molecule has 4 aromatic rings. The number of H-pyrrole nitrogens is 1. The Labute approximate surface area is 149 Å². The number of rotatable bonds is 3. The summed E-state index contributed by atoms with van der Waals surface area (Å²) in [6.07, 6.45) is 0. The van der Waals surface area contributed by atoms with Crippen LogP contribution >= 0.6 is 0 Å². The van der Waals surface area contributed by atoms with E-state index in [1.165, 1.54) is 14.2 Å². The summed E-state index contributed by atoms with van der Waals surface area (Å²) in [5.74, 6) is 0.0555. The number of aromatic nitrogens is 2. The molecule has 0 fully saturated rings. The van der Waals surface area contributed by atoms with Gasteiger partial charge in [0.15, 0.2) is 17.3 Å². The Kier molecular flexibility index (Phi) is 3.68. The van der Waals surface area contributed by atoms with Gasteiger partial charge in [-0.3, -0.25) is 5.10 Å². The molecule has 0 atom stereocenters. The van der Waals surface area contributed by atoms with E-state index < -0.39 is 5.82 Å². The summed E-state index contributed by atoms with van der Waals surface area (Å²) in [4.78, 5) is 0. The Hall–Kier alpha value is -3.28. The molecule has 132 valence electrons. The minimum atomic E-state index is -0.489. The van der Waals surface area contributed by atoms with Crippen LogP contribution in [-0.2, 0) is 0 Å². The molecule has 0 unspecified atom stereocenters. The highest BCUT2D eigenvalue weighted by atomic mass is 19.1. The number of phenolic OH excluding ortho intramolecular Hbond substituents is 1. The third-order valence-electron chi connectivity index (χ3n) is 4.59. The zero-order valence-electron chi connectivity index (χ0n) is 14.6. The highest BCUT2D eigenvalue weighted by molar-refractivity contribution is 6.15. The molecule has 0 saturated carbocycles. The summed E-state index contributed by atoms with van der Waals surface area (Å²) < 4.78 is 25.9. The van der Waals surface area contributed by atoms with Crippen LogP contribution in [0.15, 0.2) is 36.4 Å². The Bertz CT molecular complexity index is 1130. The number of hydrogen-bond acceptors (Lipinski definition) is 4. The largest absolute Gasteiger partial charge is 0.508 e. The van der Waals surface area contributed by atoms with E-state index in [1.54, 1.807) is 30.3 Å². The molecule has 6 heteroatoms. The summed E-state index contributed by atoms with van der Waals surface area (Å²) in [5, 5.41) is 18.6.